The van der Waals surface area contributed by atoms with Gasteiger partial charge in [-0.15, -0.1) is 0 Å². The van der Waals surface area contributed by atoms with Gasteiger partial charge in [0.05, 0.1) is 4.90 Å². The Hall–Kier alpha value is -0.560. The van der Waals surface area contributed by atoms with Crippen LogP contribution in [0.15, 0.2) is 23.1 Å². The molecular formula is C13H22N2O2S2. The first-order valence-corrected chi connectivity index (χ1v) is 9.07. The summed E-state index contributed by atoms with van der Waals surface area (Å²) >= 11 is 1.63. The maximum absolute atomic E-state index is 12.4. The molecule has 0 spiro atoms. The van der Waals surface area contributed by atoms with Gasteiger partial charge in [0.15, 0.2) is 0 Å². The van der Waals surface area contributed by atoms with Crippen LogP contribution in [0, 0.1) is 0 Å². The third-order valence-electron chi connectivity index (χ3n) is 3.10. The molecule has 0 aliphatic rings. The summed E-state index contributed by atoms with van der Waals surface area (Å²) in [5.41, 5.74) is 7.69. The van der Waals surface area contributed by atoms with Crippen molar-refractivity contribution in [2.75, 3.05) is 25.6 Å². The highest BCUT2D eigenvalue weighted by molar-refractivity contribution is 7.98. The highest BCUT2D eigenvalue weighted by atomic mass is 32.2. The second-order valence-electron chi connectivity index (χ2n) is 4.31. The predicted molar refractivity (Wildman–Crippen MR) is 81.9 cm³/mol. The minimum Gasteiger partial charge on any atom is -0.326 e. The minimum absolute atomic E-state index is 0.328. The van der Waals surface area contributed by atoms with Crippen LogP contribution in [-0.4, -0.2) is 38.3 Å². The normalized spacial score (nSPS) is 12.1. The van der Waals surface area contributed by atoms with Gasteiger partial charge in [-0.1, -0.05) is 13.0 Å². The molecule has 0 unspecified atom stereocenters. The molecule has 0 aliphatic carbocycles. The number of benzene rings is 1. The van der Waals surface area contributed by atoms with Crippen LogP contribution in [-0.2, 0) is 23.0 Å². The number of nitrogens with zero attached hydrogens (tertiary/aromatic N) is 1. The Morgan fingerprint density at radius 2 is 2.00 bits per heavy atom. The summed E-state index contributed by atoms with van der Waals surface area (Å²) in [4.78, 5) is 0.328. The second-order valence-corrected chi connectivity index (χ2v) is 7.34. The van der Waals surface area contributed by atoms with Gasteiger partial charge in [-0.05, 0) is 35.9 Å². The number of nitrogens with two attached hydrogens (primary N) is 1. The predicted octanol–water partition coefficient (Wildman–Crippen LogP) is 1.69. The first-order valence-electron chi connectivity index (χ1n) is 6.24. The molecule has 0 saturated carbocycles. The van der Waals surface area contributed by atoms with E-state index in [1.165, 1.54) is 4.31 Å². The molecule has 1 aromatic carbocycles. The van der Waals surface area contributed by atoms with Gasteiger partial charge in [-0.3, -0.25) is 0 Å². The summed E-state index contributed by atoms with van der Waals surface area (Å²) in [7, 11) is -1.79. The number of hydrogen-bond acceptors (Lipinski definition) is 4. The van der Waals surface area contributed by atoms with Crippen molar-refractivity contribution in [3.8, 4) is 0 Å². The molecule has 0 radical (unpaired) electrons. The van der Waals surface area contributed by atoms with Gasteiger partial charge in [-0.25, -0.2) is 12.7 Å². The quantitative estimate of drug-likeness (QED) is 0.832. The zero-order chi connectivity index (χ0) is 14.5. The molecule has 0 fully saturated rings. The summed E-state index contributed by atoms with van der Waals surface area (Å²) in [5, 5.41) is 0. The van der Waals surface area contributed by atoms with Crippen molar-refractivity contribution in [3.05, 3.63) is 29.3 Å². The van der Waals surface area contributed by atoms with Crippen LogP contribution in [0.2, 0.25) is 0 Å². The van der Waals surface area contributed by atoms with Crippen LogP contribution >= 0.6 is 11.8 Å². The van der Waals surface area contributed by atoms with Gasteiger partial charge in [0.25, 0.3) is 0 Å². The van der Waals surface area contributed by atoms with E-state index in [4.69, 9.17) is 5.73 Å². The molecular weight excluding hydrogens is 280 g/mol. The second kappa shape index (κ2) is 7.28. The molecule has 0 saturated heterocycles. The van der Waals surface area contributed by atoms with Crippen molar-refractivity contribution in [1.82, 2.24) is 4.31 Å². The van der Waals surface area contributed by atoms with Crippen molar-refractivity contribution < 1.29 is 8.42 Å². The number of hydrogen-bond donors (Lipinski definition) is 1. The van der Waals surface area contributed by atoms with Crippen molar-refractivity contribution in [2.24, 2.45) is 5.73 Å². The molecule has 0 atom stereocenters. The van der Waals surface area contributed by atoms with E-state index in [1.54, 1.807) is 30.9 Å². The topological polar surface area (TPSA) is 63.4 Å². The molecule has 1 aromatic rings. The first kappa shape index (κ1) is 16.5. The number of rotatable bonds is 7. The lowest BCUT2D eigenvalue weighted by atomic mass is 10.1. The first-order chi connectivity index (χ1) is 8.97. The molecule has 0 aromatic heterocycles. The zero-order valence-electron chi connectivity index (χ0n) is 11.7. The van der Waals surface area contributed by atoms with E-state index < -0.39 is 10.0 Å². The van der Waals surface area contributed by atoms with Crippen LogP contribution in [0.5, 0.6) is 0 Å². The monoisotopic (exact) mass is 302 g/mol. The van der Waals surface area contributed by atoms with Crippen molar-refractivity contribution in [2.45, 2.75) is 24.8 Å². The fourth-order valence-electron chi connectivity index (χ4n) is 1.82. The summed E-state index contributed by atoms with van der Waals surface area (Å²) in [6, 6.07) is 5.23. The van der Waals surface area contributed by atoms with Crippen molar-refractivity contribution in [3.63, 3.8) is 0 Å². The highest BCUT2D eigenvalue weighted by Crippen LogP contribution is 2.19. The Morgan fingerprint density at radius 1 is 1.32 bits per heavy atom. The van der Waals surface area contributed by atoms with Crippen LogP contribution in [0.25, 0.3) is 0 Å². The summed E-state index contributed by atoms with van der Waals surface area (Å²) < 4.78 is 26.2. The average Bonchev–Trinajstić information content (AvgIpc) is 2.43. The van der Waals surface area contributed by atoms with Gasteiger partial charge in [-0.2, -0.15) is 11.8 Å². The van der Waals surface area contributed by atoms with Gasteiger partial charge >= 0.3 is 0 Å². The van der Waals surface area contributed by atoms with Crippen molar-refractivity contribution >= 4 is 21.8 Å². The lowest BCUT2D eigenvalue weighted by Gasteiger charge is -2.18. The maximum atomic E-state index is 12.4. The van der Waals surface area contributed by atoms with Gasteiger partial charge < -0.3 is 5.73 Å². The summed E-state index contributed by atoms with van der Waals surface area (Å²) in [6.07, 6.45) is 2.82. The zero-order valence-corrected chi connectivity index (χ0v) is 13.4. The molecule has 19 heavy (non-hydrogen) atoms. The molecule has 6 heteroatoms. The Kier molecular flexibility index (Phi) is 6.32. The number of thioether (sulfide) groups is 1. The Balaban J connectivity index is 3.08. The molecule has 0 bridgehead atoms. The van der Waals surface area contributed by atoms with E-state index in [0.29, 0.717) is 18.0 Å². The van der Waals surface area contributed by atoms with Gasteiger partial charge in [0.2, 0.25) is 10.0 Å². The van der Waals surface area contributed by atoms with Gasteiger partial charge in [0.1, 0.15) is 0 Å². The van der Waals surface area contributed by atoms with E-state index in [1.807, 2.05) is 19.2 Å². The Bertz CT molecular complexity index is 515. The number of sulfonamides is 1. The molecule has 1 rings (SSSR count). The molecule has 4 nitrogen and oxygen atoms in total. The molecule has 0 heterocycles. The van der Waals surface area contributed by atoms with Crippen LogP contribution in [0.3, 0.4) is 0 Å². The third-order valence-corrected chi connectivity index (χ3v) is 5.54. The fourth-order valence-corrected chi connectivity index (χ4v) is 3.61. The third kappa shape index (κ3) is 3.95. The lowest BCUT2D eigenvalue weighted by Crippen LogP contribution is -2.29. The lowest BCUT2D eigenvalue weighted by molar-refractivity contribution is 0.488. The highest BCUT2D eigenvalue weighted by Gasteiger charge is 2.21. The Labute approximate surface area is 120 Å². The average molecular weight is 302 g/mol. The van der Waals surface area contributed by atoms with Crippen molar-refractivity contribution in [1.29, 1.82) is 0 Å². The van der Waals surface area contributed by atoms with Crippen LogP contribution in [0.1, 0.15) is 18.1 Å². The van der Waals surface area contributed by atoms with Gasteiger partial charge in [0, 0.05) is 25.9 Å². The number of aryl methyl sites for hydroxylation is 1. The van der Waals surface area contributed by atoms with E-state index in [9.17, 15) is 8.42 Å². The molecule has 2 N–H and O–H groups in total. The molecule has 108 valence electrons. The Morgan fingerprint density at radius 3 is 2.53 bits per heavy atom. The largest absolute Gasteiger partial charge is 0.326 e. The van der Waals surface area contributed by atoms with Crippen LogP contribution < -0.4 is 5.73 Å². The maximum Gasteiger partial charge on any atom is 0.242 e. The summed E-state index contributed by atoms with van der Waals surface area (Å²) in [5.74, 6) is 0.784. The minimum atomic E-state index is -3.40. The van der Waals surface area contributed by atoms with E-state index in [2.05, 4.69) is 0 Å². The van der Waals surface area contributed by atoms with E-state index in [0.717, 1.165) is 23.3 Å². The SMILES string of the molecule is CCc1ccc(S(=O)(=O)N(C)CCSC)cc1CN. The smallest absolute Gasteiger partial charge is 0.242 e. The fraction of sp³-hybridized carbons (Fsp3) is 0.538. The van der Waals surface area contributed by atoms with E-state index in [-0.39, 0.29) is 0 Å². The summed E-state index contributed by atoms with van der Waals surface area (Å²) in [6.45, 7) is 2.91. The molecule has 0 aliphatic heterocycles. The molecule has 0 amide bonds. The standard InChI is InChI=1S/C13H22N2O2S2/c1-4-11-5-6-13(9-12(11)10-14)19(16,17)15(2)7-8-18-3/h5-6,9H,4,7-8,10,14H2,1-3H3. The van der Waals surface area contributed by atoms with E-state index >= 15 is 0 Å². The van der Waals surface area contributed by atoms with Crippen LogP contribution in [0.4, 0.5) is 0 Å².